The second-order valence-corrected chi connectivity index (χ2v) is 5.00. The molecule has 0 fully saturated rings. The van der Waals surface area contributed by atoms with Gasteiger partial charge in [0, 0.05) is 6.42 Å². The van der Waals surface area contributed by atoms with E-state index in [1.54, 1.807) is 6.92 Å². The zero-order valence-corrected chi connectivity index (χ0v) is 10.6. The molecular formula is C17H16O. The summed E-state index contributed by atoms with van der Waals surface area (Å²) in [7, 11) is 0. The molecule has 90 valence electrons. The zero-order valence-electron chi connectivity index (χ0n) is 10.6. The molecule has 0 amide bonds. The number of carbonyl (C=O) groups is 1. The van der Waals surface area contributed by atoms with Crippen LogP contribution in [-0.2, 0) is 4.79 Å². The number of hydrogen-bond donors (Lipinski definition) is 0. The molecule has 0 heterocycles. The molecule has 0 aromatic carbocycles. The summed E-state index contributed by atoms with van der Waals surface area (Å²) in [6.45, 7) is 1.64. The van der Waals surface area contributed by atoms with Crippen LogP contribution in [0.4, 0.5) is 0 Å². The number of carbonyl (C=O) groups excluding carboxylic acids is 1. The summed E-state index contributed by atoms with van der Waals surface area (Å²) < 4.78 is 0. The van der Waals surface area contributed by atoms with Crippen molar-refractivity contribution in [2.24, 2.45) is 0 Å². The van der Waals surface area contributed by atoms with E-state index in [0.717, 1.165) is 24.8 Å². The van der Waals surface area contributed by atoms with E-state index in [0.29, 0.717) is 0 Å². The molecule has 0 spiro atoms. The lowest BCUT2D eigenvalue weighted by molar-refractivity contribution is -0.113. The van der Waals surface area contributed by atoms with E-state index in [2.05, 4.69) is 36.5 Å². The van der Waals surface area contributed by atoms with Crippen LogP contribution in [0.5, 0.6) is 0 Å². The Morgan fingerprint density at radius 2 is 1.56 bits per heavy atom. The highest BCUT2D eigenvalue weighted by Gasteiger charge is 2.19. The Morgan fingerprint density at radius 1 is 0.889 bits per heavy atom. The third-order valence-electron chi connectivity index (χ3n) is 3.78. The summed E-state index contributed by atoms with van der Waals surface area (Å²) in [6.07, 6.45) is 17.9. The van der Waals surface area contributed by atoms with Crippen molar-refractivity contribution in [2.45, 2.75) is 26.2 Å². The molecule has 3 aliphatic carbocycles. The van der Waals surface area contributed by atoms with Gasteiger partial charge in [-0.05, 0) is 47.6 Å². The van der Waals surface area contributed by atoms with Crippen LogP contribution in [-0.4, -0.2) is 5.78 Å². The van der Waals surface area contributed by atoms with Gasteiger partial charge in [-0.25, -0.2) is 0 Å². The number of ketones is 1. The van der Waals surface area contributed by atoms with Crippen LogP contribution in [0, 0.1) is 0 Å². The monoisotopic (exact) mass is 236 g/mol. The van der Waals surface area contributed by atoms with Gasteiger partial charge in [-0.15, -0.1) is 0 Å². The molecule has 3 rings (SSSR count). The number of rotatable bonds is 3. The number of Topliss-reactive ketones (excluding diaryl/α,β-unsaturated/α-hetero) is 1. The van der Waals surface area contributed by atoms with Crippen molar-refractivity contribution in [3.63, 3.8) is 0 Å². The lowest BCUT2D eigenvalue weighted by Gasteiger charge is -2.08. The maximum absolute atomic E-state index is 11.3. The largest absolute Gasteiger partial charge is 0.295 e. The molecular weight excluding hydrogens is 220 g/mol. The van der Waals surface area contributed by atoms with Crippen LogP contribution in [0.15, 0.2) is 70.4 Å². The third-order valence-corrected chi connectivity index (χ3v) is 3.78. The molecule has 0 radical (unpaired) electrons. The van der Waals surface area contributed by atoms with Gasteiger partial charge in [-0.1, -0.05) is 42.5 Å². The van der Waals surface area contributed by atoms with Gasteiger partial charge in [0.05, 0.1) is 0 Å². The second kappa shape index (κ2) is 4.41. The summed E-state index contributed by atoms with van der Waals surface area (Å²) in [5, 5.41) is 0. The van der Waals surface area contributed by atoms with Crippen LogP contribution in [0.3, 0.4) is 0 Å². The Bertz CT molecular complexity index is 589. The fraction of sp³-hybridized carbons (Fsp3) is 0.235. The van der Waals surface area contributed by atoms with Gasteiger partial charge in [-0.2, -0.15) is 0 Å². The molecule has 0 aliphatic heterocycles. The van der Waals surface area contributed by atoms with E-state index in [-0.39, 0.29) is 5.78 Å². The summed E-state index contributed by atoms with van der Waals surface area (Å²) in [6, 6.07) is 0. The minimum absolute atomic E-state index is 0.190. The molecule has 1 heteroatoms. The smallest absolute Gasteiger partial charge is 0.156 e. The Morgan fingerprint density at radius 3 is 2.17 bits per heavy atom. The van der Waals surface area contributed by atoms with Crippen LogP contribution >= 0.6 is 0 Å². The first-order valence-electron chi connectivity index (χ1n) is 6.41. The van der Waals surface area contributed by atoms with Crippen molar-refractivity contribution in [1.29, 1.82) is 0 Å². The fourth-order valence-corrected chi connectivity index (χ4v) is 2.64. The van der Waals surface area contributed by atoms with Gasteiger partial charge in [0.25, 0.3) is 0 Å². The predicted molar refractivity (Wildman–Crippen MR) is 74.1 cm³/mol. The van der Waals surface area contributed by atoms with Crippen LogP contribution < -0.4 is 0 Å². The molecule has 3 aliphatic rings. The highest BCUT2D eigenvalue weighted by Crippen LogP contribution is 2.36. The van der Waals surface area contributed by atoms with Gasteiger partial charge in [0.1, 0.15) is 0 Å². The van der Waals surface area contributed by atoms with E-state index in [1.165, 1.54) is 22.3 Å². The average molecular weight is 236 g/mol. The lowest BCUT2D eigenvalue weighted by atomic mass is 9.96. The SMILES string of the molecule is CC(=O)C1=CC=C(C2=CC=C(C3=CC=CC3)C2)C1. The highest BCUT2D eigenvalue weighted by atomic mass is 16.1. The Hall–Kier alpha value is -1.89. The maximum Gasteiger partial charge on any atom is 0.156 e. The van der Waals surface area contributed by atoms with Crippen molar-refractivity contribution in [3.8, 4) is 0 Å². The van der Waals surface area contributed by atoms with Crippen molar-refractivity contribution < 1.29 is 4.79 Å². The minimum Gasteiger partial charge on any atom is -0.295 e. The summed E-state index contributed by atoms with van der Waals surface area (Å²) >= 11 is 0. The first kappa shape index (κ1) is 11.2. The van der Waals surface area contributed by atoms with Gasteiger partial charge in [0.2, 0.25) is 0 Å². The van der Waals surface area contributed by atoms with Crippen LogP contribution in [0.25, 0.3) is 0 Å². The van der Waals surface area contributed by atoms with Crippen molar-refractivity contribution >= 4 is 5.78 Å². The summed E-state index contributed by atoms with van der Waals surface area (Å²) in [4.78, 5) is 11.3. The standard InChI is InChI=1S/C17H16O/c1-12(18)14-6-7-16(10-14)17-9-8-15(11-17)13-4-2-3-5-13/h2-4,6-9H,5,10-11H2,1H3. The van der Waals surface area contributed by atoms with Crippen molar-refractivity contribution in [3.05, 3.63) is 70.4 Å². The van der Waals surface area contributed by atoms with E-state index in [9.17, 15) is 4.79 Å². The molecule has 0 N–H and O–H groups in total. The minimum atomic E-state index is 0.190. The van der Waals surface area contributed by atoms with Crippen molar-refractivity contribution in [2.75, 3.05) is 0 Å². The molecule has 0 saturated heterocycles. The van der Waals surface area contributed by atoms with Gasteiger partial charge < -0.3 is 0 Å². The van der Waals surface area contributed by atoms with E-state index >= 15 is 0 Å². The van der Waals surface area contributed by atoms with Crippen molar-refractivity contribution in [1.82, 2.24) is 0 Å². The van der Waals surface area contributed by atoms with E-state index in [1.807, 2.05) is 6.08 Å². The Kier molecular flexibility index (Phi) is 2.75. The zero-order chi connectivity index (χ0) is 12.5. The third kappa shape index (κ3) is 1.97. The second-order valence-electron chi connectivity index (χ2n) is 5.00. The predicted octanol–water partition coefficient (Wildman–Crippen LogP) is 3.97. The summed E-state index contributed by atoms with van der Waals surface area (Å²) in [5.74, 6) is 0.190. The fourth-order valence-electron chi connectivity index (χ4n) is 2.64. The molecule has 0 atom stereocenters. The maximum atomic E-state index is 11.3. The first-order valence-corrected chi connectivity index (χ1v) is 6.41. The lowest BCUT2D eigenvalue weighted by Crippen LogP contribution is -1.96. The molecule has 0 aromatic rings. The first-order chi connectivity index (χ1) is 8.74. The van der Waals surface area contributed by atoms with Gasteiger partial charge in [-0.3, -0.25) is 4.79 Å². The van der Waals surface area contributed by atoms with E-state index in [4.69, 9.17) is 0 Å². The molecule has 0 bridgehead atoms. The normalized spacial score (nSPS) is 21.5. The molecule has 1 nitrogen and oxygen atoms in total. The number of hydrogen-bond acceptors (Lipinski definition) is 1. The highest BCUT2D eigenvalue weighted by molar-refractivity contribution is 5.95. The van der Waals surface area contributed by atoms with Gasteiger partial charge in [0.15, 0.2) is 5.78 Å². The molecule has 18 heavy (non-hydrogen) atoms. The summed E-state index contributed by atoms with van der Waals surface area (Å²) in [5.41, 5.74) is 6.45. The average Bonchev–Trinajstić information content (AvgIpc) is 3.10. The van der Waals surface area contributed by atoms with Gasteiger partial charge >= 0.3 is 0 Å². The molecule has 0 unspecified atom stereocenters. The Labute approximate surface area is 108 Å². The quantitative estimate of drug-likeness (QED) is 0.724. The molecule has 0 aromatic heterocycles. The number of allylic oxidation sites excluding steroid dienone is 12. The Balaban J connectivity index is 1.64. The van der Waals surface area contributed by atoms with Crippen LogP contribution in [0.1, 0.15) is 26.2 Å². The van der Waals surface area contributed by atoms with Crippen LogP contribution in [0.2, 0.25) is 0 Å². The molecule has 0 saturated carbocycles. The topological polar surface area (TPSA) is 17.1 Å². The van der Waals surface area contributed by atoms with E-state index < -0.39 is 0 Å².